The molecule has 0 spiro atoms. The van der Waals surface area contributed by atoms with Gasteiger partial charge in [0, 0.05) is 0 Å². The average molecular weight is 192 g/mol. The summed E-state index contributed by atoms with van der Waals surface area (Å²) in [5.74, 6) is -0.133. The smallest absolute Gasteiger partial charge is 0.137 e. The fourth-order valence-corrected chi connectivity index (χ4v) is 2.09. The third-order valence-corrected chi connectivity index (χ3v) is 2.86. The highest BCUT2D eigenvalue weighted by molar-refractivity contribution is 7.98. The van der Waals surface area contributed by atoms with Crippen LogP contribution in [-0.2, 0) is 0 Å². The maximum Gasteiger partial charge on any atom is 0.137 e. The Kier molecular flexibility index (Phi) is 2.23. The molecular weight excluding hydrogens is 183 g/mol. The molecule has 0 heterocycles. The van der Waals surface area contributed by atoms with E-state index in [-0.39, 0.29) is 5.82 Å². The fraction of sp³-hybridized carbons (Fsp3) is 0.0909. The molecule has 66 valence electrons. The van der Waals surface area contributed by atoms with Crippen molar-refractivity contribution in [1.82, 2.24) is 0 Å². The van der Waals surface area contributed by atoms with Crippen molar-refractivity contribution in [2.75, 3.05) is 6.26 Å². The van der Waals surface area contributed by atoms with Gasteiger partial charge in [0.1, 0.15) is 5.82 Å². The van der Waals surface area contributed by atoms with E-state index in [1.807, 2.05) is 36.6 Å². The molecule has 2 rings (SSSR count). The van der Waals surface area contributed by atoms with Gasteiger partial charge in [-0.15, -0.1) is 11.8 Å². The summed E-state index contributed by atoms with van der Waals surface area (Å²) in [6, 6.07) is 11.2. The lowest BCUT2D eigenvalue weighted by molar-refractivity contribution is 0.606. The maximum absolute atomic E-state index is 13.3. The van der Waals surface area contributed by atoms with Crippen LogP contribution < -0.4 is 0 Å². The molecule has 0 fully saturated rings. The van der Waals surface area contributed by atoms with Crippen LogP contribution in [0.3, 0.4) is 0 Å². The van der Waals surface area contributed by atoms with E-state index in [1.54, 1.807) is 0 Å². The second-order valence-corrected chi connectivity index (χ2v) is 3.62. The normalized spacial score (nSPS) is 10.6. The van der Waals surface area contributed by atoms with Crippen molar-refractivity contribution in [3.63, 3.8) is 0 Å². The molecule has 0 aliphatic carbocycles. The van der Waals surface area contributed by atoms with Gasteiger partial charge < -0.3 is 0 Å². The Hall–Kier alpha value is -1.02. The molecule has 0 bridgehead atoms. The van der Waals surface area contributed by atoms with Crippen LogP contribution in [0.15, 0.2) is 41.3 Å². The predicted octanol–water partition coefficient (Wildman–Crippen LogP) is 3.70. The second-order valence-electron chi connectivity index (χ2n) is 2.80. The van der Waals surface area contributed by atoms with Crippen molar-refractivity contribution < 1.29 is 4.39 Å². The summed E-state index contributed by atoms with van der Waals surface area (Å²) in [6.07, 6.45) is 1.89. The largest absolute Gasteiger partial charge is 0.206 e. The monoisotopic (exact) mass is 192 g/mol. The molecule has 0 aliphatic rings. The molecule has 13 heavy (non-hydrogen) atoms. The topological polar surface area (TPSA) is 0 Å². The van der Waals surface area contributed by atoms with Gasteiger partial charge in [0.25, 0.3) is 0 Å². The third kappa shape index (κ3) is 1.42. The fourth-order valence-electron chi connectivity index (χ4n) is 1.42. The number of thioether (sulfide) groups is 1. The van der Waals surface area contributed by atoms with E-state index in [4.69, 9.17) is 0 Å². The first kappa shape index (κ1) is 8.57. The lowest BCUT2D eigenvalue weighted by Crippen LogP contribution is -1.82. The van der Waals surface area contributed by atoms with E-state index in [0.717, 1.165) is 15.7 Å². The minimum absolute atomic E-state index is 0.133. The lowest BCUT2D eigenvalue weighted by atomic mass is 10.1. The van der Waals surface area contributed by atoms with E-state index in [1.165, 1.54) is 17.8 Å². The SMILES string of the molecule is CSc1c(F)ccc2ccccc12. The second kappa shape index (κ2) is 3.38. The van der Waals surface area contributed by atoms with Gasteiger partial charge in [-0.3, -0.25) is 0 Å². The molecule has 0 radical (unpaired) electrons. The Morgan fingerprint density at radius 2 is 1.85 bits per heavy atom. The van der Waals surface area contributed by atoms with Crippen molar-refractivity contribution in [3.05, 3.63) is 42.2 Å². The molecule has 2 aromatic rings. The van der Waals surface area contributed by atoms with Crippen molar-refractivity contribution >= 4 is 22.5 Å². The molecule has 0 saturated carbocycles. The quantitative estimate of drug-likeness (QED) is 0.621. The summed E-state index contributed by atoms with van der Waals surface area (Å²) < 4.78 is 13.3. The third-order valence-electron chi connectivity index (χ3n) is 2.04. The zero-order valence-corrected chi connectivity index (χ0v) is 8.07. The lowest BCUT2D eigenvalue weighted by Gasteiger charge is -2.04. The van der Waals surface area contributed by atoms with Crippen LogP contribution in [0.2, 0.25) is 0 Å². The molecule has 0 nitrogen and oxygen atoms in total. The van der Waals surface area contributed by atoms with Gasteiger partial charge in [-0.2, -0.15) is 0 Å². The zero-order chi connectivity index (χ0) is 9.26. The van der Waals surface area contributed by atoms with Gasteiger partial charge in [0.05, 0.1) is 4.90 Å². The highest BCUT2D eigenvalue weighted by Gasteiger charge is 2.04. The molecule has 0 amide bonds. The van der Waals surface area contributed by atoms with Gasteiger partial charge in [-0.25, -0.2) is 4.39 Å². The van der Waals surface area contributed by atoms with Crippen molar-refractivity contribution in [2.45, 2.75) is 4.90 Å². The van der Waals surface area contributed by atoms with Gasteiger partial charge in [-0.05, 0) is 23.1 Å². The summed E-state index contributed by atoms with van der Waals surface area (Å²) in [4.78, 5) is 0.734. The van der Waals surface area contributed by atoms with Crippen molar-refractivity contribution in [2.24, 2.45) is 0 Å². The Labute approximate surface area is 80.8 Å². The summed E-state index contributed by atoms with van der Waals surface area (Å²) in [7, 11) is 0. The Balaban J connectivity index is 2.84. The number of benzene rings is 2. The number of fused-ring (bicyclic) bond motifs is 1. The Morgan fingerprint density at radius 3 is 2.62 bits per heavy atom. The van der Waals surface area contributed by atoms with Crippen molar-refractivity contribution in [3.8, 4) is 0 Å². The summed E-state index contributed by atoms with van der Waals surface area (Å²) in [5.41, 5.74) is 0. The van der Waals surface area contributed by atoms with E-state index in [9.17, 15) is 4.39 Å². The van der Waals surface area contributed by atoms with Crippen LogP contribution >= 0.6 is 11.8 Å². The highest BCUT2D eigenvalue weighted by Crippen LogP contribution is 2.28. The summed E-state index contributed by atoms with van der Waals surface area (Å²) in [6.45, 7) is 0. The molecular formula is C11H9FS. The van der Waals surface area contributed by atoms with E-state index < -0.39 is 0 Å². The predicted molar refractivity (Wildman–Crippen MR) is 55.7 cm³/mol. The first-order valence-electron chi connectivity index (χ1n) is 4.04. The minimum atomic E-state index is -0.133. The number of hydrogen-bond donors (Lipinski definition) is 0. The van der Waals surface area contributed by atoms with Crippen LogP contribution in [0.5, 0.6) is 0 Å². The number of hydrogen-bond acceptors (Lipinski definition) is 1. The van der Waals surface area contributed by atoms with E-state index >= 15 is 0 Å². The number of rotatable bonds is 1. The standard InChI is InChI=1S/C11H9FS/c1-13-11-9-5-3-2-4-8(9)6-7-10(11)12/h2-7H,1H3. The Bertz CT molecular complexity index is 437. The van der Waals surface area contributed by atoms with Crippen LogP contribution in [-0.4, -0.2) is 6.26 Å². The Morgan fingerprint density at radius 1 is 1.08 bits per heavy atom. The first-order valence-corrected chi connectivity index (χ1v) is 5.26. The highest BCUT2D eigenvalue weighted by atomic mass is 32.2. The van der Waals surface area contributed by atoms with Crippen molar-refractivity contribution in [1.29, 1.82) is 0 Å². The minimum Gasteiger partial charge on any atom is -0.206 e. The summed E-state index contributed by atoms with van der Waals surface area (Å²) >= 11 is 1.45. The summed E-state index contributed by atoms with van der Waals surface area (Å²) in [5, 5.41) is 2.09. The van der Waals surface area contributed by atoms with Gasteiger partial charge >= 0.3 is 0 Å². The molecule has 2 aromatic carbocycles. The number of halogens is 1. The van der Waals surface area contributed by atoms with Gasteiger partial charge in [0.15, 0.2) is 0 Å². The average Bonchev–Trinajstić information content (AvgIpc) is 2.18. The van der Waals surface area contributed by atoms with E-state index in [2.05, 4.69) is 0 Å². The molecule has 0 aromatic heterocycles. The molecule has 0 atom stereocenters. The van der Waals surface area contributed by atoms with Crippen LogP contribution in [0.4, 0.5) is 4.39 Å². The molecule has 0 aliphatic heterocycles. The van der Waals surface area contributed by atoms with Crippen LogP contribution in [0.1, 0.15) is 0 Å². The molecule has 0 saturated heterocycles. The first-order chi connectivity index (χ1) is 6.33. The molecule has 2 heteroatoms. The van der Waals surface area contributed by atoms with Gasteiger partial charge in [0.2, 0.25) is 0 Å². The zero-order valence-electron chi connectivity index (χ0n) is 7.25. The maximum atomic E-state index is 13.3. The van der Waals surface area contributed by atoms with Gasteiger partial charge in [-0.1, -0.05) is 30.3 Å². The molecule has 0 N–H and O–H groups in total. The van der Waals surface area contributed by atoms with Crippen LogP contribution in [0, 0.1) is 5.82 Å². The van der Waals surface area contributed by atoms with Crippen LogP contribution in [0.25, 0.3) is 10.8 Å². The molecule has 0 unspecified atom stereocenters. The van der Waals surface area contributed by atoms with E-state index in [0.29, 0.717) is 0 Å².